The van der Waals surface area contributed by atoms with Gasteiger partial charge in [0.25, 0.3) is 0 Å². The molecule has 0 radical (unpaired) electrons. The van der Waals surface area contributed by atoms with Gasteiger partial charge in [0.15, 0.2) is 0 Å². The maximum absolute atomic E-state index is 10.7. The monoisotopic (exact) mass is 243 g/mol. The zero-order valence-electron chi connectivity index (χ0n) is 9.13. The van der Waals surface area contributed by atoms with E-state index in [4.69, 9.17) is 10.8 Å². The number of aliphatic carboxylic acids is 1. The molecule has 1 rings (SSSR count). The largest absolute Gasteiger partial charge is 0.481 e. The molecule has 0 unspecified atom stereocenters. The van der Waals surface area contributed by atoms with Crippen molar-refractivity contribution in [1.29, 1.82) is 0 Å². The van der Waals surface area contributed by atoms with Gasteiger partial charge in [0.05, 0.1) is 6.42 Å². The molecule has 0 spiro atoms. The number of hydrogen-bond donors (Lipinski definition) is 2. The van der Waals surface area contributed by atoms with E-state index in [1.807, 2.05) is 30.3 Å². The Hall–Kier alpha value is -1.06. The van der Waals surface area contributed by atoms with Gasteiger partial charge in [-0.25, -0.2) is 0 Å². The molecule has 0 fully saturated rings. The van der Waals surface area contributed by atoms with Crippen LogP contribution in [0.25, 0.3) is 0 Å². The van der Waals surface area contributed by atoms with Crippen molar-refractivity contribution in [3.05, 3.63) is 35.9 Å². The van der Waals surface area contributed by atoms with Gasteiger partial charge < -0.3 is 10.8 Å². The fraction of sp³-hybridized carbons (Fsp3) is 0.417. The third-order valence-electron chi connectivity index (χ3n) is 2.45. The zero-order valence-corrected chi connectivity index (χ0v) is 9.95. The van der Waals surface area contributed by atoms with E-state index in [0.717, 1.165) is 18.4 Å². The SMILES string of the molecule is Cl.NCCC[C@@H](CC(=O)O)c1ccccc1. The van der Waals surface area contributed by atoms with Crippen molar-refractivity contribution in [1.82, 2.24) is 0 Å². The van der Waals surface area contributed by atoms with Crippen LogP contribution in [0.15, 0.2) is 30.3 Å². The molecule has 0 saturated heterocycles. The van der Waals surface area contributed by atoms with Crippen molar-refractivity contribution in [2.24, 2.45) is 5.73 Å². The van der Waals surface area contributed by atoms with Gasteiger partial charge >= 0.3 is 5.97 Å². The fourth-order valence-electron chi connectivity index (χ4n) is 1.69. The lowest BCUT2D eigenvalue weighted by Gasteiger charge is -2.14. The topological polar surface area (TPSA) is 63.3 Å². The predicted octanol–water partition coefficient (Wildman–Crippen LogP) is 2.41. The summed E-state index contributed by atoms with van der Waals surface area (Å²) in [6, 6.07) is 9.76. The number of carboxylic acids is 1. The normalized spacial score (nSPS) is 11.6. The van der Waals surface area contributed by atoms with Crippen LogP contribution in [-0.4, -0.2) is 17.6 Å². The second kappa shape index (κ2) is 8.13. The van der Waals surface area contributed by atoms with Crippen molar-refractivity contribution in [2.75, 3.05) is 6.54 Å². The summed E-state index contributed by atoms with van der Waals surface area (Å²) in [5, 5.41) is 8.81. The maximum Gasteiger partial charge on any atom is 0.303 e. The first-order chi connectivity index (χ1) is 7.24. The van der Waals surface area contributed by atoms with Gasteiger partial charge in [-0.2, -0.15) is 0 Å². The summed E-state index contributed by atoms with van der Waals surface area (Å²) >= 11 is 0. The first-order valence-corrected chi connectivity index (χ1v) is 5.21. The summed E-state index contributed by atoms with van der Waals surface area (Å²) in [4.78, 5) is 10.7. The zero-order chi connectivity index (χ0) is 11.1. The molecule has 3 N–H and O–H groups in total. The van der Waals surface area contributed by atoms with E-state index in [1.165, 1.54) is 0 Å². The van der Waals surface area contributed by atoms with Crippen LogP contribution in [0.4, 0.5) is 0 Å². The molecule has 1 atom stereocenters. The molecule has 0 aliphatic rings. The van der Waals surface area contributed by atoms with Crippen LogP contribution in [-0.2, 0) is 4.79 Å². The molecule has 90 valence electrons. The maximum atomic E-state index is 10.7. The smallest absolute Gasteiger partial charge is 0.303 e. The number of benzene rings is 1. The van der Waals surface area contributed by atoms with E-state index in [-0.39, 0.29) is 24.7 Å². The molecule has 0 amide bonds. The molecule has 0 bridgehead atoms. The molecule has 0 saturated carbocycles. The fourth-order valence-corrected chi connectivity index (χ4v) is 1.69. The molecule has 1 aromatic rings. The van der Waals surface area contributed by atoms with Crippen LogP contribution >= 0.6 is 12.4 Å². The minimum Gasteiger partial charge on any atom is -0.481 e. The quantitative estimate of drug-likeness (QED) is 0.807. The number of hydrogen-bond acceptors (Lipinski definition) is 2. The van der Waals surface area contributed by atoms with E-state index in [9.17, 15) is 4.79 Å². The van der Waals surface area contributed by atoms with Crippen molar-refractivity contribution < 1.29 is 9.90 Å². The second-order valence-electron chi connectivity index (χ2n) is 3.64. The third kappa shape index (κ3) is 5.14. The highest BCUT2D eigenvalue weighted by atomic mass is 35.5. The molecule has 4 heteroatoms. The van der Waals surface area contributed by atoms with Gasteiger partial charge in [-0.3, -0.25) is 4.79 Å². The van der Waals surface area contributed by atoms with Crippen molar-refractivity contribution >= 4 is 18.4 Å². The van der Waals surface area contributed by atoms with Crippen LogP contribution in [0.5, 0.6) is 0 Å². The minimum atomic E-state index is -0.749. The van der Waals surface area contributed by atoms with Crippen LogP contribution in [0, 0.1) is 0 Å². The Labute approximate surface area is 102 Å². The number of halogens is 1. The molecular formula is C12H18ClNO2. The predicted molar refractivity (Wildman–Crippen MR) is 67.0 cm³/mol. The highest BCUT2D eigenvalue weighted by Crippen LogP contribution is 2.24. The highest BCUT2D eigenvalue weighted by Gasteiger charge is 2.14. The molecular weight excluding hydrogens is 226 g/mol. The molecule has 3 nitrogen and oxygen atoms in total. The third-order valence-corrected chi connectivity index (χ3v) is 2.45. The Morgan fingerprint density at radius 1 is 1.31 bits per heavy atom. The average molecular weight is 244 g/mol. The molecule has 16 heavy (non-hydrogen) atoms. The number of nitrogens with two attached hydrogens (primary N) is 1. The van der Waals surface area contributed by atoms with Crippen LogP contribution in [0.3, 0.4) is 0 Å². The first-order valence-electron chi connectivity index (χ1n) is 5.21. The Morgan fingerprint density at radius 3 is 2.44 bits per heavy atom. The number of carbonyl (C=O) groups is 1. The Morgan fingerprint density at radius 2 is 1.94 bits per heavy atom. The lowest BCUT2D eigenvalue weighted by atomic mass is 9.91. The summed E-state index contributed by atoms with van der Waals surface area (Å²) < 4.78 is 0. The standard InChI is InChI=1S/C12H17NO2.ClH/c13-8-4-7-11(9-12(14)15)10-5-2-1-3-6-10;/h1-3,5-6,11H,4,7-9,13H2,(H,14,15);1H/t11-;/m0./s1. The first kappa shape index (κ1) is 14.9. The molecule has 0 aliphatic carbocycles. The van der Waals surface area contributed by atoms with E-state index in [0.29, 0.717) is 6.54 Å². The number of rotatable bonds is 6. The second-order valence-corrected chi connectivity index (χ2v) is 3.64. The Balaban J connectivity index is 0.00000225. The van der Waals surface area contributed by atoms with E-state index in [2.05, 4.69) is 0 Å². The van der Waals surface area contributed by atoms with Gasteiger partial charge in [-0.1, -0.05) is 30.3 Å². The molecule has 1 aromatic carbocycles. The summed E-state index contributed by atoms with van der Waals surface area (Å²) in [6.07, 6.45) is 1.89. The van der Waals surface area contributed by atoms with Gasteiger partial charge in [-0.15, -0.1) is 12.4 Å². The average Bonchev–Trinajstić information content (AvgIpc) is 2.25. The lowest BCUT2D eigenvalue weighted by molar-refractivity contribution is -0.137. The Kier molecular flexibility index (Phi) is 7.60. The van der Waals surface area contributed by atoms with Crippen LogP contribution in [0.2, 0.25) is 0 Å². The van der Waals surface area contributed by atoms with Crippen molar-refractivity contribution in [3.63, 3.8) is 0 Å². The summed E-state index contributed by atoms with van der Waals surface area (Å²) in [5.74, 6) is -0.659. The van der Waals surface area contributed by atoms with Gasteiger partial charge in [0.2, 0.25) is 0 Å². The minimum absolute atomic E-state index is 0. The summed E-state index contributed by atoms with van der Waals surface area (Å²) in [7, 11) is 0. The van der Waals surface area contributed by atoms with E-state index in [1.54, 1.807) is 0 Å². The van der Waals surface area contributed by atoms with Crippen LogP contribution < -0.4 is 5.73 Å². The van der Waals surface area contributed by atoms with Gasteiger partial charge in [0, 0.05) is 0 Å². The molecule has 0 heterocycles. The van der Waals surface area contributed by atoms with Crippen LogP contribution in [0.1, 0.15) is 30.7 Å². The van der Waals surface area contributed by atoms with Crippen molar-refractivity contribution in [3.8, 4) is 0 Å². The Bertz CT molecular complexity index is 303. The van der Waals surface area contributed by atoms with Gasteiger partial charge in [0.1, 0.15) is 0 Å². The van der Waals surface area contributed by atoms with Gasteiger partial charge in [-0.05, 0) is 30.9 Å². The molecule has 0 aliphatic heterocycles. The number of carboxylic acid groups (broad SMARTS) is 1. The lowest BCUT2D eigenvalue weighted by Crippen LogP contribution is -2.09. The van der Waals surface area contributed by atoms with Crippen molar-refractivity contribution in [2.45, 2.75) is 25.2 Å². The molecule has 0 aromatic heterocycles. The van der Waals surface area contributed by atoms with E-state index >= 15 is 0 Å². The van der Waals surface area contributed by atoms with E-state index < -0.39 is 5.97 Å². The highest BCUT2D eigenvalue weighted by molar-refractivity contribution is 5.85. The summed E-state index contributed by atoms with van der Waals surface area (Å²) in [5.41, 5.74) is 6.53. The summed E-state index contributed by atoms with van der Waals surface area (Å²) in [6.45, 7) is 0.614.